The number of halogens is 1. The number of rotatable bonds is 5. The predicted molar refractivity (Wildman–Crippen MR) is 119 cm³/mol. The molecule has 158 valence electrons. The molecular weight excluding hydrogens is 426 g/mol. The van der Waals surface area contributed by atoms with Crippen LogP contribution in [0.5, 0.6) is 5.75 Å². The normalized spacial score (nSPS) is 16.6. The summed E-state index contributed by atoms with van der Waals surface area (Å²) >= 11 is 7.34. The smallest absolute Gasteiger partial charge is 0.273 e. The lowest BCUT2D eigenvalue weighted by Crippen LogP contribution is -2.34. The maximum Gasteiger partial charge on any atom is 0.273 e. The van der Waals surface area contributed by atoms with Crippen molar-refractivity contribution in [3.8, 4) is 5.75 Å². The van der Waals surface area contributed by atoms with Gasteiger partial charge in [-0.3, -0.25) is 14.2 Å². The summed E-state index contributed by atoms with van der Waals surface area (Å²) in [6, 6.07) is 4.93. The molecule has 0 saturated carbocycles. The summed E-state index contributed by atoms with van der Waals surface area (Å²) in [4.78, 5) is 36.5. The van der Waals surface area contributed by atoms with Gasteiger partial charge in [0.1, 0.15) is 23.3 Å². The minimum atomic E-state index is -0.381. The van der Waals surface area contributed by atoms with E-state index in [9.17, 15) is 9.59 Å². The van der Waals surface area contributed by atoms with Crippen molar-refractivity contribution >= 4 is 50.0 Å². The number of carbonyl (C=O) groups excluding carboxylic acids is 1. The Bertz CT molecular complexity index is 1150. The number of ether oxygens (including phenoxy) is 1. The fraction of sp³-hybridized carbons (Fsp3) is 0.400. The molecule has 30 heavy (non-hydrogen) atoms. The number of hydrogen-bond acceptors (Lipinski definition) is 7. The minimum Gasteiger partial charge on any atom is -0.495 e. The van der Waals surface area contributed by atoms with Crippen LogP contribution in [0.15, 0.2) is 29.3 Å². The number of anilines is 2. The van der Waals surface area contributed by atoms with Crippen LogP contribution in [0.4, 0.5) is 10.8 Å². The van der Waals surface area contributed by atoms with E-state index in [4.69, 9.17) is 16.3 Å². The first-order valence-electron chi connectivity index (χ1n) is 9.69. The number of carbonyl (C=O) groups is 1. The molecule has 8 nitrogen and oxygen atoms in total. The molecule has 10 heteroatoms. The lowest BCUT2D eigenvalue weighted by molar-refractivity contribution is -0.116. The van der Waals surface area contributed by atoms with Gasteiger partial charge in [0, 0.05) is 18.1 Å². The zero-order valence-corrected chi connectivity index (χ0v) is 18.3. The van der Waals surface area contributed by atoms with Crippen LogP contribution in [0.3, 0.4) is 0 Å². The SMILES string of the molecule is COc1ccc(Cl)cc1NC(=O)Cn1cnc2nc(N3CCCC(C)C3)sc2c1=O. The van der Waals surface area contributed by atoms with E-state index in [-0.39, 0.29) is 18.0 Å². The molecule has 0 aliphatic carbocycles. The lowest BCUT2D eigenvalue weighted by Gasteiger charge is -2.30. The molecule has 1 atom stereocenters. The van der Waals surface area contributed by atoms with E-state index in [1.165, 1.54) is 35.8 Å². The third-order valence-corrected chi connectivity index (χ3v) is 6.38. The molecule has 1 aliphatic rings. The molecule has 1 saturated heterocycles. The highest BCUT2D eigenvalue weighted by Gasteiger charge is 2.21. The number of nitrogens with zero attached hydrogens (tertiary/aromatic N) is 4. The Balaban J connectivity index is 1.55. The number of thiazole rings is 1. The van der Waals surface area contributed by atoms with Crippen molar-refractivity contribution in [2.75, 3.05) is 30.4 Å². The molecule has 3 aromatic rings. The second kappa shape index (κ2) is 8.61. The fourth-order valence-electron chi connectivity index (χ4n) is 3.57. The molecule has 4 rings (SSSR count). The molecule has 1 aromatic carbocycles. The van der Waals surface area contributed by atoms with Crippen molar-refractivity contribution in [2.24, 2.45) is 5.92 Å². The second-order valence-corrected chi connectivity index (χ2v) is 8.83. The number of fused-ring (bicyclic) bond motifs is 1. The lowest BCUT2D eigenvalue weighted by atomic mass is 10.0. The fourth-order valence-corrected chi connectivity index (χ4v) is 4.74. The standard InChI is InChI=1S/C20H22ClN5O3S/c1-12-4-3-7-25(9-12)20-24-18-17(30-20)19(28)26(11-22-18)10-16(27)23-14-8-13(21)5-6-15(14)29-2/h5-6,8,11-12H,3-4,7,9-10H2,1-2H3,(H,23,27). The largest absolute Gasteiger partial charge is 0.495 e. The maximum absolute atomic E-state index is 12.9. The average Bonchev–Trinajstić information content (AvgIpc) is 3.16. The molecule has 1 N–H and O–H groups in total. The van der Waals surface area contributed by atoms with E-state index in [1.54, 1.807) is 18.2 Å². The molecule has 0 radical (unpaired) electrons. The molecule has 1 aliphatic heterocycles. The van der Waals surface area contributed by atoms with Gasteiger partial charge in [-0.25, -0.2) is 4.98 Å². The van der Waals surface area contributed by atoms with Crippen molar-refractivity contribution in [1.82, 2.24) is 14.5 Å². The van der Waals surface area contributed by atoms with Crippen molar-refractivity contribution in [2.45, 2.75) is 26.3 Å². The van der Waals surface area contributed by atoms with E-state index >= 15 is 0 Å². The van der Waals surface area contributed by atoms with Crippen LogP contribution in [0.25, 0.3) is 10.3 Å². The summed E-state index contributed by atoms with van der Waals surface area (Å²) in [6.07, 6.45) is 3.68. The average molecular weight is 448 g/mol. The van der Waals surface area contributed by atoms with Gasteiger partial charge < -0.3 is 15.0 Å². The van der Waals surface area contributed by atoms with Gasteiger partial charge in [-0.2, -0.15) is 4.98 Å². The van der Waals surface area contributed by atoms with Crippen LogP contribution in [-0.4, -0.2) is 40.6 Å². The molecular formula is C20H22ClN5O3S. The van der Waals surface area contributed by atoms with Crippen LogP contribution >= 0.6 is 22.9 Å². The van der Waals surface area contributed by atoms with Crippen LogP contribution in [0, 0.1) is 5.92 Å². The Morgan fingerprint density at radius 1 is 1.43 bits per heavy atom. The quantitative estimate of drug-likeness (QED) is 0.644. The van der Waals surface area contributed by atoms with Gasteiger partial charge in [0.2, 0.25) is 5.91 Å². The molecule has 3 heterocycles. The Morgan fingerprint density at radius 3 is 3.03 bits per heavy atom. The first-order valence-corrected chi connectivity index (χ1v) is 10.9. The topological polar surface area (TPSA) is 89.3 Å². The Labute approximate surface area is 182 Å². The number of methoxy groups -OCH3 is 1. The van der Waals surface area contributed by atoms with Crippen LogP contribution in [-0.2, 0) is 11.3 Å². The first kappa shape index (κ1) is 20.6. The van der Waals surface area contributed by atoms with Crippen LogP contribution < -0.4 is 20.5 Å². The van der Waals surface area contributed by atoms with E-state index < -0.39 is 0 Å². The molecule has 2 aromatic heterocycles. The van der Waals surface area contributed by atoms with Gasteiger partial charge in [0.15, 0.2) is 10.8 Å². The highest BCUT2D eigenvalue weighted by Crippen LogP contribution is 2.29. The van der Waals surface area contributed by atoms with Gasteiger partial charge in [0.05, 0.1) is 12.8 Å². The summed E-state index contributed by atoms with van der Waals surface area (Å²) in [7, 11) is 1.51. The summed E-state index contributed by atoms with van der Waals surface area (Å²) in [5.74, 6) is 0.701. The molecule has 1 amide bonds. The second-order valence-electron chi connectivity index (χ2n) is 7.41. The number of aromatic nitrogens is 3. The Kier molecular flexibility index (Phi) is 5.92. The molecule has 1 fully saturated rings. The third-order valence-electron chi connectivity index (χ3n) is 5.05. The summed E-state index contributed by atoms with van der Waals surface area (Å²) < 4.78 is 6.98. The number of hydrogen-bond donors (Lipinski definition) is 1. The van der Waals surface area contributed by atoms with Gasteiger partial charge in [-0.15, -0.1) is 0 Å². The van der Waals surface area contributed by atoms with Gasteiger partial charge >= 0.3 is 0 Å². The molecule has 0 bridgehead atoms. The van der Waals surface area contributed by atoms with E-state index in [2.05, 4.69) is 27.1 Å². The zero-order chi connectivity index (χ0) is 21.3. The van der Waals surface area contributed by atoms with Crippen molar-refractivity contribution in [3.63, 3.8) is 0 Å². The summed E-state index contributed by atoms with van der Waals surface area (Å²) in [5, 5.41) is 4.01. The first-order chi connectivity index (χ1) is 14.4. The number of piperidine rings is 1. The van der Waals surface area contributed by atoms with Gasteiger partial charge in [-0.1, -0.05) is 29.9 Å². The number of nitrogens with one attached hydrogen (secondary N) is 1. The Hall–Kier alpha value is -2.65. The van der Waals surface area contributed by atoms with Crippen molar-refractivity contribution in [3.05, 3.63) is 39.9 Å². The van der Waals surface area contributed by atoms with Crippen LogP contribution in [0.2, 0.25) is 5.02 Å². The highest BCUT2D eigenvalue weighted by molar-refractivity contribution is 7.22. The maximum atomic E-state index is 12.9. The minimum absolute atomic E-state index is 0.175. The Morgan fingerprint density at radius 2 is 2.27 bits per heavy atom. The third kappa shape index (κ3) is 4.27. The molecule has 1 unspecified atom stereocenters. The number of amides is 1. The van der Waals surface area contributed by atoms with Crippen LogP contribution in [0.1, 0.15) is 19.8 Å². The van der Waals surface area contributed by atoms with Crippen molar-refractivity contribution < 1.29 is 9.53 Å². The van der Waals surface area contributed by atoms with Crippen molar-refractivity contribution in [1.29, 1.82) is 0 Å². The zero-order valence-electron chi connectivity index (χ0n) is 16.7. The monoisotopic (exact) mass is 447 g/mol. The van der Waals surface area contributed by atoms with E-state index in [0.717, 1.165) is 24.6 Å². The highest BCUT2D eigenvalue weighted by atomic mass is 35.5. The van der Waals surface area contributed by atoms with E-state index in [1.807, 2.05) is 0 Å². The summed E-state index contributed by atoms with van der Waals surface area (Å²) in [5.41, 5.74) is 0.588. The predicted octanol–water partition coefficient (Wildman–Crippen LogP) is 3.39. The van der Waals surface area contributed by atoms with E-state index in [0.29, 0.717) is 32.7 Å². The van der Waals surface area contributed by atoms with Gasteiger partial charge in [0.25, 0.3) is 5.56 Å². The summed E-state index contributed by atoms with van der Waals surface area (Å²) in [6.45, 7) is 3.91. The van der Waals surface area contributed by atoms with Gasteiger partial charge in [-0.05, 0) is 37.0 Å². The molecule has 0 spiro atoms. The number of benzene rings is 1.